The van der Waals surface area contributed by atoms with Crippen molar-refractivity contribution in [3.8, 4) is 0 Å². The third-order valence-electron chi connectivity index (χ3n) is 10.8. The van der Waals surface area contributed by atoms with Gasteiger partial charge in [0.15, 0.2) is 0 Å². The zero-order chi connectivity index (χ0) is 21.8. The molecule has 0 aliphatic heterocycles. The summed E-state index contributed by atoms with van der Waals surface area (Å²) in [6.45, 7) is 9.45. The second kappa shape index (κ2) is 7.95. The van der Waals surface area contributed by atoms with Crippen molar-refractivity contribution in [2.75, 3.05) is 0 Å². The van der Waals surface area contributed by atoms with Crippen molar-refractivity contribution < 1.29 is 15.4 Å². The first-order valence-electron chi connectivity index (χ1n) is 12.5. The molecule has 4 aliphatic rings. The van der Waals surface area contributed by atoms with Crippen molar-refractivity contribution in [1.29, 1.82) is 0 Å². The molecular formula is C25H44N2O3. The molecule has 0 spiro atoms. The van der Waals surface area contributed by atoms with Crippen LogP contribution in [0.25, 0.3) is 0 Å². The van der Waals surface area contributed by atoms with Gasteiger partial charge in [0, 0.05) is 6.42 Å². The number of hydrogen-bond donors (Lipinski definition) is 4. The van der Waals surface area contributed by atoms with E-state index in [2.05, 4.69) is 32.9 Å². The van der Waals surface area contributed by atoms with E-state index in [4.69, 9.17) is 10.9 Å². The first-order chi connectivity index (χ1) is 14.2. The summed E-state index contributed by atoms with van der Waals surface area (Å²) in [5, 5.41) is 34.4. The van der Waals surface area contributed by atoms with Crippen LogP contribution in [0.4, 0.5) is 0 Å². The number of aliphatic hydroxyl groups is 2. The van der Waals surface area contributed by atoms with E-state index in [0.29, 0.717) is 53.7 Å². The Hall–Kier alpha value is -0.810. The van der Waals surface area contributed by atoms with Crippen LogP contribution in [0.2, 0.25) is 0 Å². The highest BCUT2D eigenvalue weighted by Gasteiger charge is 2.64. The molecule has 4 aliphatic carbocycles. The van der Waals surface area contributed by atoms with Crippen molar-refractivity contribution in [1.82, 2.24) is 0 Å². The maximum atomic E-state index is 11.7. The molecule has 11 atom stereocenters. The fourth-order valence-corrected chi connectivity index (χ4v) is 9.45. The minimum atomic E-state index is -0.244. The Morgan fingerprint density at radius 1 is 1.03 bits per heavy atom. The molecule has 5 N–H and O–H groups in total. The molecular weight excluding hydrogens is 376 g/mol. The van der Waals surface area contributed by atoms with E-state index in [9.17, 15) is 10.2 Å². The summed E-state index contributed by atoms with van der Waals surface area (Å²) >= 11 is 0. The van der Waals surface area contributed by atoms with Crippen LogP contribution in [0, 0.1) is 52.3 Å². The van der Waals surface area contributed by atoms with E-state index < -0.39 is 0 Å². The standard InChI is InChI=1S/C25H44N2O3/c1-5-16-20-13-15(28)8-10-25(20,4)19-9-11-24(3)17(14(2)12-21(26)27-30)6-7-18(24)22(19)23(16)29/h14-20,22-23,28-30H,5-13H2,1-4H3,(H2,26,27)/t14-,15-,16-,17-,18?,19?,20+,22?,23?,24-,25-/m1/s1. The Morgan fingerprint density at radius 3 is 2.37 bits per heavy atom. The van der Waals surface area contributed by atoms with Gasteiger partial charge in [-0.2, -0.15) is 0 Å². The maximum absolute atomic E-state index is 11.7. The van der Waals surface area contributed by atoms with Crippen molar-refractivity contribution in [3.63, 3.8) is 0 Å². The minimum Gasteiger partial charge on any atom is -0.409 e. The molecule has 172 valence electrons. The van der Waals surface area contributed by atoms with Crippen LogP contribution in [-0.4, -0.2) is 33.5 Å². The van der Waals surface area contributed by atoms with E-state index in [1.165, 1.54) is 25.7 Å². The van der Waals surface area contributed by atoms with Crippen LogP contribution in [0.5, 0.6) is 0 Å². The Kier molecular flexibility index (Phi) is 5.93. The van der Waals surface area contributed by atoms with Gasteiger partial charge in [0.05, 0.1) is 12.2 Å². The second-order valence-corrected chi connectivity index (χ2v) is 11.9. The van der Waals surface area contributed by atoms with E-state index in [-0.39, 0.29) is 23.0 Å². The highest BCUT2D eigenvalue weighted by atomic mass is 16.4. The highest BCUT2D eigenvalue weighted by molar-refractivity contribution is 5.79. The second-order valence-electron chi connectivity index (χ2n) is 11.9. The predicted octanol–water partition coefficient (Wildman–Crippen LogP) is 4.39. The topological polar surface area (TPSA) is 99.1 Å². The van der Waals surface area contributed by atoms with Gasteiger partial charge >= 0.3 is 0 Å². The predicted molar refractivity (Wildman–Crippen MR) is 119 cm³/mol. The molecule has 0 aromatic carbocycles. The molecule has 0 aromatic rings. The molecule has 4 rings (SSSR count). The van der Waals surface area contributed by atoms with E-state index in [0.717, 1.165) is 25.7 Å². The number of fused-ring (bicyclic) bond motifs is 5. The largest absolute Gasteiger partial charge is 0.409 e. The average Bonchev–Trinajstić information content (AvgIpc) is 3.06. The summed E-state index contributed by atoms with van der Waals surface area (Å²) in [6.07, 6.45) is 8.92. The van der Waals surface area contributed by atoms with Crippen LogP contribution in [0.1, 0.15) is 85.5 Å². The van der Waals surface area contributed by atoms with Gasteiger partial charge < -0.3 is 21.2 Å². The summed E-state index contributed by atoms with van der Waals surface area (Å²) in [5.74, 6) is 3.56. The smallest absolute Gasteiger partial charge is 0.139 e. The number of oxime groups is 1. The first kappa shape index (κ1) is 22.4. The lowest BCUT2D eigenvalue weighted by Crippen LogP contribution is -2.62. The molecule has 0 radical (unpaired) electrons. The first-order valence-corrected chi connectivity index (χ1v) is 12.5. The fourth-order valence-electron chi connectivity index (χ4n) is 9.45. The monoisotopic (exact) mass is 420 g/mol. The molecule has 4 saturated carbocycles. The SMILES string of the molecule is CC[C@H]1C(O)C2C3CC[C@H]([C@H](C)CC(N)=NO)[C@@]3(C)CCC2[C@@]2(C)CC[C@@H](O)C[C@@H]12. The van der Waals surface area contributed by atoms with E-state index in [1.807, 2.05) is 0 Å². The zero-order valence-electron chi connectivity index (χ0n) is 19.4. The molecule has 5 nitrogen and oxygen atoms in total. The summed E-state index contributed by atoms with van der Waals surface area (Å²) in [4.78, 5) is 0. The molecule has 0 bridgehead atoms. The van der Waals surface area contributed by atoms with Gasteiger partial charge in [-0.15, -0.1) is 0 Å². The summed E-state index contributed by atoms with van der Waals surface area (Å²) in [5.41, 5.74) is 6.34. The quantitative estimate of drug-likeness (QED) is 0.235. The number of aliphatic hydroxyl groups excluding tert-OH is 2. The zero-order valence-corrected chi connectivity index (χ0v) is 19.4. The van der Waals surface area contributed by atoms with Crippen LogP contribution in [0.3, 0.4) is 0 Å². The number of nitrogens with zero attached hydrogens (tertiary/aromatic N) is 1. The number of nitrogens with two attached hydrogens (primary N) is 1. The van der Waals surface area contributed by atoms with Crippen LogP contribution in [0.15, 0.2) is 5.16 Å². The molecule has 0 heterocycles. The molecule has 4 unspecified atom stereocenters. The lowest BCUT2D eigenvalue weighted by atomic mass is 9.41. The van der Waals surface area contributed by atoms with Gasteiger partial charge in [0.2, 0.25) is 0 Å². The summed E-state index contributed by atoms with van der Waals surface area (Å²) in [7, 11) is 0. The van der Waals surface area contributed by atoms with Crippen molar-refractivity contribution in [2.24, 2.45) is 63.1 Å². The Labute approximate surface area is 182 Å². The number of hydrogen-bond acceptors (Lipinski definition) is 4. The number of amidine groups is 1. The van der Waals surface area contributed by atoms with Crippen molar-refractivity contribution in [2.45, 2.75) is 97.7 Å². The van der Waals surface area contributed by atoms with Gasteiger partial charge in [-0.1, -0.05) is 39.3 Å². The Bertz CT molecular complexity index is 669. The summed E-state index contributed by atoms with van der Waals surface area (Å²) < 4.78 is 0. The maximum Gasteiger partial charge on any atom is 0.139 e. The van der Waals surface area contributed by atoms with Gasteiger partial charge in [-0.05, 0) is 97.2 Å². The fraction of sp³-hybridized carbons (Fsp3) is 0.960. The third kappa shape index (κ3) is 3.21. The van der Waals surface area contributed by atoms with E-state index in [1.54, 1.807) is 0 Å². The van der Waals surface area contributed by atoms with Gasteiger partial charge in [-0.25, -0.2) is 0 Å². The lowest BCUT2D eigenvalue weighted by Gasteiger charge is -2.64. The third-order valence-corrected chi connectivity index (χ3v) is 10.8. The van der Waals surface area contributed by atoms with Gasteiger partial charge in [0.1, 0.15) is 5.84 Å². The Balaban J connectivity index is 1.64. The molecule has 0 saturated heterocycles. The van der Waals surface area contributed by atoms with Crippen molar-refractivity contribution >= 4 is 5.84 Å². The van der Waals surface area contributed by atoms with Gasteiger partial charge in [0.25, 0.3) is 0 Å². The van der Waals surface area contributed by atoms with Gasteiger partial charge in [-0.3, -0.25) is 0 Å². The van der Waals surface area contributed by atoms with Crippen LogP contribution in [-0.2, 0) is 0 Å². The molecule has 30 heavy (non-hydrogen) atoms. The van der Waals surface area contributed by atoms with Crippen LogP contribution < -0.4 is 5.73 Å². The molecule has 5 heteroatoms. The summed E-state index contributed by atoms with van der Waals surface area (Å²) in [6, 6.07) is 0. The van der Waals surface area contributed by atoms with Crippen LogP contribution >= 0.6 is 0 Å². The van der Waals surface area contributed by atoms with Crippen molar-refractivity contribution in [3.05, 3.63) is 0 Å². The Morgan fingerprint density at radius 2 is 1.70 bits per heavy atom. The number of rotatable bonds is 4. The minimum absolute atomic E-state index is 0.190. The molecule has 0 amide bonds. The highest BCUT2D eigenvalue weighted by Crippen LogP contribution is 2.69. The average molecular weight is 421 g/mol. The molecule has 4 fully saturated rings. The normalized spacial score (nSPS) is 52.3. The lowest BCUT2D eigenvalue weighted by molar-refractivity contribution is -0.203. The van der Waals surface area contributed by atoms with E-state index >= 15 is 0 Å². The molecule has 0 aromatic heterocycles.